The van der Waals surface area contributed by atoms with Crippen LogP contribution in [0.3, 0.4) is 0 Å². The predicted molar refractivity (Wildman–Crippen MR) is 95.8 cm³/mol. The second-order valence-corrected chi connectivity index (χ2v) is 6.66. The maximum atomic E-state index is 10.1. The Morgan fingerprint density at radius 1 is 1.00 bits per heavy atom. The fourth-order valence-electron chi connectivity index (χ4n) is 3.04. The highest BCUT2D eigenvalue weighted by Gasteiger charge is 2.19. The van der Waals surface area contributed by atoms with Crippen LogP contribution in [0.4, 0.5) is 5.82 Å². The summed E-state index contributed by atoms with van der Waals surface area (Å²) < 4.78 is 1.02. The van der Waals surface area contributed by atoms with Gasteiger partial charge in [-0.2, -0.15) is 0 Å². The SMILES string of the molecule is Oc1ccccc1-c1nc(N2CCCC2)c2cc(Br)ccc2n1. The number of hydrogen-bond donors (Lipinski definition) is 1. The number of aromatic hydroxyl groups is 1. The largest absolute Gasteiger partial charge is 0.507 e. The topological polar surface area (TPSA) is 49.3 Å². The Morgan fingerprint density at radius 3 is 2.57 bits per heavy atom. The molecule has 1 fully saturated rings. The smallest absolute Gasteiger partial charge is 0.165 e. The molecule has 23 heavy (non-hydrogen) atoms. The molecule has 0 aliphatic carbocycles. The zero-order valence-corrected chi connectivity index (χ0v) is 14.1. The normalized spacial score (nSPS) is 14.6. The lowest BCUT2D eigenvalue weighted by Crippen LogP contribution is -2.20. The second kappa shape index (κ2) is 5.81. The molecule has 0 amide bonds. The number of fused-ring (bicyclic) bond motifs is 1. The maximum Gasteiger partial charge on any atom is 0.165 e. The number of para-hydroxylation sites is 1. The van der Waals surface area contributed by atoms with Gasteiger partial charge in [0, 0.05) is 22.9 Å². The molecule has 1 aliphatic rings. The number of halogens is 1. The van der Waals surface area contributed by atoms with E-state index in [2.05, 4.69) is 31.9 Å². The first-order valence-electron chi connectivity index (χ1n) is 7.73. The number of phenols is 1. The van der Waals surface area contributed by atoms with Gasteiger partial charge in [0.25, 0.3) is 0 Å². The summed E-state index contributed by atoms with van der Waals surface area (Å²) in [6.07, 6.45) is 2.37. The highest BCUT2D eigenvalue weighted by Crippen LogP contribution is 2.33. The average molecular weight is 370 g/mol. The van der Waals surface area contributed by atoms with Crippen molar-refractivity contribution < 1.29 is 5.11 Å². The van der Waals surface area contributed by atoms with E-state index in [1.54, 1.807) is 12.1 Å². The summed E-state index contributed by atoms with van der Waals surface area (Å²) in [5.74, 6) is 1.73. The molecule has 116 valence electrons. The lowest BCUT2D eigenvalue weighted by molar-refractivity contribution is 0.477. The molecule has 0 bridgehead atoms. The number of anilines is 1. The molecule has 0 radical (unpaired) electrons. The minimum atomic E-state index is 0.205. The van der Waals surface area contributed by atoms with E-state index in [4.69, 9.17) is 4.98 Å². The molecule has 4 rings (SSSR count). The van der Waals surface area contributed by atoms with Crippen LogP contribution in [0.15, 0.2) is 46.9 Å². The second-order valence-electron chi connectivity index (χ2n) is 5.74. The van der Waals surface area contributed by atoms with Gasteiger partial charge in [0.15, 0.2) is 5.82 Å². The zero-order valence-electron chi connectivity index (χ0n) is 12.5. The first kappa shape index (κ1) is 14.5. The van der Waals surface area contributed by atoms with Gasteiger partial charge in [0.1, 0.15) is 11.6 Å². The number of aromatic nitrogens is 2. The van der Waals surface area contributed by atoms with E-state index in [-0.39, 0.29) is 5.75 Å². The lowest BCUT2D eigenvalue weighted by atomic mass is 10.1. The molecule has 1 saturated heterocycles. The predicted octanol–water partition coefficient (Wildman–Crippen LogP) is 4.37. The monoisotopic (exact) mass is 369 g/mol. The van der Waals surface area contributed by atoms with Crippen molar-refractivity contribution in [2.24, 2.45) is 0 Å². The zero-order chi connectivity index (χ0) is 15.8. The van der Waals surface area contributed by atoms with E-state index < -0.39 is 0 Å². The van der Waals surface area contributed by atoms with E-state index in [0.717, 1.165) is 34.3 Å². The van der Waals surface area contributed by atoms with Crippen molar-refractivity contribution in [1.29, 1.82) is 0 Å². The molecule has 0 saturated carbocycles. The molecule has 2 heterocycles. The molecular weight excluding hydrogens is 354 g/mol. The minimum Gasteiger partial charge on any atom is -0.507 e. The van der Waals surface area contributed by atoms with E-state index >= 15 is 0 Å². The van der Waals surface area contributed by atoms with Gasteiger partial charge in [-0.05, 0) is 43.2 Å². The van der Waals surface area contributed by atoms with E-state index in [1.807, 2.05) is 24.3 Å². The van der Waals surface area contributed by atoms with Crippen LogP contribution in [-0.4, -0.2) is 28.2 Å². The summed E-state index contributed by atoms with van der Waals surface area (Å²) in [4.78, 5) is 11.8. The average Bonchev–Trinajstić information content (AvgIpc) is 3.09. The van der Waals surface area contributed by atoms with Crippen molar-refractivity contribution in [3.63, 3.8) is 0 Å². The van der Waals surface area contributed by atoms with Crippen LogP contribution in [0.1, 0.15) is 12.8 Å². The highest BCUT2D eigenvalue weighted by atomic mass is 79.9. The Hall–Kier alpha value is -2.14. The first-order valence-corrected chi connectivity index (χ1v) is 8.52. The van der Waals surface area contributed by atoms with E-state index in [9.17, 15) is 5.11 Å². The summed E-state index contributed by atoms with van der Waals surface area (Å²) in [6, 6.07) is 13.3. The molecule has 2 aromatic carbocycles. The van der Waals surface area contributed by atoms with Crippen LogP contribution in [-0.2, 0) is 0 Å². The van der Waals surface area contributed by atoms with Crippen LogP contribution < -0.4 is 4.90 Å². The Balaban J connectivity index is 1.96. The third-order valence-electron chi connectivity index (χ3n) is 4.19. The van der Waals surface area contributed by atoms with E-state index in [1.165, 1.54) is 12.8 Å². The molecule has 1 aromatic heterocycles. The summed E-state index contributed by atoms with van der Waals surface area (Å²) in [7, 11) is 0. The Labute approximate surface area is 142 Å². The Morgan fingerprint density at radius 2 is 1.78 bits per heavy atom. The van der Waals surface area contributed by atoms with Crippen molar-refractivity contribution in [1.82, 2.24) is 9.97 Å². The molecule has 0 atom stereocenters. The van der Waals surface area contributed by atoms with Crippen LogP contribution in [0.5, 0.6) is 5.75 Å². The lowest BCUT2D eigenvalue weighted by Gasteiger charge is -2.19. The molecule has 0 spiro atoms. The minimum absolute atomic E-state index is 0.205. The summed E-state index contributed by atoms with van der Waals surface area (Å²) >= 11 is 3.54. The van der Waals surface area contributed by atoms with Gasteiger partial charge >= 0.3 is 0 Å². The molecule has 1 N–H and O–H groups in total. The fourth-order valence-corrected chi connectivity index (χ4v) is 3.40. The first-order chi connectivity index (χ1) is 11.2. The van der Waals surface area contributed by atoms with Crippen LogP contribution in [0.2, 0.25) is 0 Å². The summed E-state index contributed by atoms with van der Waals surface area (Å²) in [6.45, 7) is 2.03. The fraction of sp³-hybridized carbons (Fsp3) is 0.222. The molecule has 4 nitrogen and oxygen atoms in total. The Kier molecular flexibility index (Phi) is 3.65. The van der Waals surface area contributed by atoms with Crippen molar-refractivity contribution in [2.75, 3.05) is 18.0 Å². The third-order valence-corrected chi connectivity index (χ3v) is 4.68. The van der Waals surface area contributed by atoms with Crippen molar-refractivity contribution in [2.45, 2.75) is 12.8 Å². The number of benzene rings is 2. The van der Waals surface area contributed by atoms with Crippen LogP contribution in [0, 0.1) is 0 Å². The molecule has 0 unspecified atom stereocenters. The van der Waals surface area contributed by atoms with Gasteiger partial charge in [-0.25, -0.2) is 9.97 Å². The number of nitrogens with zero attached hydrogens (tertiary/aromatic N) is 3. The molecule has 3 aromatic rings. The van der Waals surface area contributed by atoms with Crippen molar-refractivity contribution in [3.05, 3.63) is 46.9 Å². The molecular formula is C18H16BrN3O. The molecule has 1 aliphatic heterocycles. The number of phenolic OH excluding ortho intramolecular Hbond substituents is 1. The van der Waals surface area contributed by atoms with Gasteiger partial charge in [0.05, 0.1) is 11.1 Å². The van der Waals surface area contributed by atoms with Gasteiger partial charge < -0.3 is 10.0 Å². The summed E-state index contributed by atoms with van der Waals surface area (Å²) in [5.41, 5.74) is 1.56. The number of hydrogen-bond acceptors (Lipinski definition) is 4. The van der Waals surface area contributed by atoms with Gasteiger partial charge in [-0.15, -0.1) is 0 Å². The van der Waals surface area contributed by atoms with Crippen molar-refractivity contribution in [3.8, 4) is 17.1 Å². The van der Waals surface area contributed by atoms with Crippen LogP contribution >= 0.6 is 15.9 Å². The maximum absolute atomic E-state index is 10.1. The number of rotatable bonds is 2. The standard InChI is InChI=1S/C18H16BrN3O/c19-12-7-8-15-14(11-12)18(22-9-3-4-10-22)21-17(20-15)13-5-1-2-6-16(13)23/h1-2,5-8,11,23H,3-4,9-10H2. The van der Waals surface area contributed by atoms with Gasteiger partial charge in [-0.1, -0.05) is 28.1 Å². The quantitative estimate of drug-likeness (QED) is 0.728. The van der Waals surface area contributed by atoms with E-state index in [0.29, 0.717) is 11.4 Å². The van der Waals surface area contributed by atoms with Gasteiger partial charge in [-0.3, -0.25) is 0 Å². The highest BCUT2D eigenvalue weighted by molar-refractivity contribution is 9.10. The van der Waals surface area contributed by atoms with Crippen molar-refractivity contribution >= 4 is 32.7 Å². The third kappa shape index (κ3) is 2.65. The molecule has 5 heteroatoms. The summed E-state index contributed by atoms with van der Waals surface area (Å²) in [5, 5.41) is 11.2. The van der Waals surface area contributed by atoms with Gasteiger partial charge in [0.2, 0.25) is 0 Å². The Bertz CT molecular complexity index is 875. The van der Waals surface area contributed by atoms with Crippen LogP contribution in [0.25, 0.3) is 22.3 Å².